The first-order valence-corrected chi connectivity index (χ1v) is 5.71. The topological polar surface area (TPSA) is 25.2 Å². The van der Waals surface area contributed by atoms with E-state index >= 15 is 0 Å². The third-order valence-electron chi connectivity index (χ3n) is 2.47. The molecule has 1 aromatic heterocycles. The molecule has 0 atom stereocenters. The van der Waals surface area contributed by atoms with E-state index in [1.165, 1.54) is 12.0 Å². The molecule has 0 radical (unpaired) electrons. The van der Waals surface area contributed by atoms with Gasteiger partial charge in [0, 0.05) is 18.7 Å². The first kappa shape index (κ1) is 12.3. The molecule has 0 spiro atoms. The van der Waals surface area contributed by atoms with Gasteiger partial charge in [-0.25, -0.2) is 0 Å². The summed E-state index contributed by atoms with van der Waals surface area (Å²) in [5, 5.41) is 3.47. The van der Waals surface area contributed by atoms with Gasteiger partial charge in [0.1, 0.15) is 0 Å². The monoisotopic (exact) mass is 209 g/mol. The molecule has 0 saturated heterocycles. The maximum Gasteiger partial charge on any atom is 0.0947 e. The zero-order chi connectivity index (χ0) is 11.3. The van der Waals surface area contributed by atoms with Crippen LogP contribution in [0, 0.1) is 11.3 Å². The summed E-state index contributed by atoms with van der Waals surface area (Å²) in [5.74, 6) is 0.760. The number of hydrogen-bond donors (Lipinski definition) is 1. The molecule has 2 nitrogen and oxygen atoms in total. The quantitative estimate of drug-likeness (QED) is 0.776. The fourth-order valence-corrected chi connectivity index (χ4v) is 2.12. The van der Waals surface area contributed by atoms with Crippen molar-refractivity contribution in [2.24, 2.45) is 11.3 Å². The van der Waals surface area contributed by atoms with Gasteiger partial charge in [0.2, 0.25) is 0 Å². The van der Waals surface area contributed by atoms with Crippen LogP contribution in [0.1, 0.15) is 39.7 Å². The molecule has 0 aliphatic carbocycles. The molecule has 0 bridgehead atoms. The van der Waals surface area contributed by atoms with Crippen LogP contribution >= 0.6 is 0 Å². The minimum absolute atomic E-state index is 0.373. The molecule has 0 amide bonds. The molecular formula is C13H23NO. The van der Waals surface area contributed by atoms with Crippen molar-refractivity contribution in [3.8, 4) is 0 Å². The molecule has 1 aromatic rings. The highest BCUT2D eigenvalue weighted by atomic mass is 16.3. The summed E-state index contributed by atoms with van der Waals surface area (Å²) in [5.41, 5.74) is 1.59. The van der Waals surface area contributed by atoms with Gasteiger partial charge in [0.05, 0.1) is 12.5 Å². The Morgan fingerprint density at radius 2 is 2.13 bits per heavy atom. The maximum atomic E-state index is 5.02. The van der Waals surface area contributed by atoms with Crippen LogP contribution in [-0.4, -0.2) is 6.54 Å². The van der Waals surface area contributed by atoms with Crippen molar-refractivity contribution in [2.45, 2.75) is 40.7 Å². The summed E-state index contributed by atoms with van der Waals surface area (Å²) in [4.78, 5) is 0. The second-order valence-electron chi connectivity index (χ2n) is 5.50. The molecule has 86 valence electrons. The Balaban J connectivity index is 2.24. The molecule has 2 heteroatoms. The Bertz CT molecular complexity index is 262. The molecule has 0 aromatic carbocycles. The second kappa shape index (κ2) is 5.36. The maximum absolute atomic E-state index is 5.02. The Labute approximate surface area is 93.1 Å². The van der Waals surface area contributed by atoms with Gasteiger partial charge < -0.3 is 9.73 Å². The summed E-state index contributed by atoms with van der Waals surface area (Å²) in [6.45, 7) is 11.1. The Morgan fingerprint density at radius 3 is 2.67 bits per heavy atom. The van der Waals surface area contributed by atoms with Crippen LogP contribution in [0.3, 0.4) is 0 Å². The molecule has 15 heavy (non-hydrogen) atoms. The van der Waals surface area contributed by atoms with Crippen LogP contribution in [-0.2, 0) is 6.54 Å². The van der Waals surface area contributed by atoms with E-state index in [0.29, 0.717) is 5.41 Å². The van der Waals surface area contributed by atoms with Crippen LogP contribution < -0.4 is 5.32 Å². The summed E-state index contributed by atoms with van der Waals surface area (Å²) < 4.78 is 5.02. The second-order valence-corrected chi connectivity index (χ2v) is 5.50. The van der Waals surface area contributed by atoms with E-state index in [0.717, 1.165) is 19.0 Å². The number of furan rings is 1. The van der Waals surface area contributed by atoms with Gasteiger partial charge in [-0.2, -0.15) is 0 Å². The van der Waals surface area contributed by atoms with Crippen LogP contribution in [0.15, 0.2) is 23.0 Å². The molecule has 1 heterocycles. The fourth-order valence-electron chi connectivity index (χ4n) is 2.12. The lowest BCUT2D eigenvalue weighted by molar-refractivity contribution is 0.273. The van der Waals surface area contributed by atoms with Crippen LogP contribution in [0.5, 0.6) is 0 Å². The summed E-state index contributed by atoms with van der Waals surface area (Å²) in [6.07, 6.45) is 4.77. The van der Waals surface area contributed by atoms with E-state index in [4.69, 9.17) is 4.42 Å². The summed E-state index contributed by atoms with van der Waals surface area (Å²) in [7, 11) is 0. The van der Waals surface area contributed by atoms with Crippen LogP contribution in [0.4, 0.5) is 0 Å². The molecule has 0 saturated carbocycles. The molecule has 0 aliphatic heterocycles. The predicted molar refractivity (Wildman–Crippen MR) is 63.7 cm³/mol. The van der Waals surface area contributed by atoms with E-state index < -0.39 is 0 Å². The minimum atomic E-state index is 0.373. The standard InChI is InChI=1S/C13H23NO/c1-11(2)7-13(3,4)10-14-8-12-5-6-15-9-12/h5-6,9,11,14H,7-8,10H2,1-4H3. The van der Waals surface area contributed by atoms with E-state index in [1.54, 1.807) is 12.5 Å². The van der Waals surface area contributed by atoms with Gasteiger partial charge in [-0.1, -0.05) is 27.7 Å². The SMILES string of the molecule is CC(C)CC(C)(C)CNCc1ccoc1. The van der Waals surface area contributed by atoms with Gasteiger partial charge in [0.25, 0.3) is 0 Å². The largest absolute Gasteiger partial charge is 0.472 e. The predicted octanol–water partition coefficient (Wildman–Crippen LogP) is 3.44. The van der Waals surface area contributed by atoms with Crippen molar-refractivity contribution < 1.29 is 4.42 Å². The lowest BCUT2D eigenvalue weighted by Crippen LogP contribution is -2.30. The Morgan fingerprint density at radius 1 is 1.40 bits per heavy atom. The molecule has 1 N–H and O–H groups in total. The van der Waals surface area contributed by atoms with Gasteiger partial charge >= 0.3 is 0 Å². The van der Waals surface area contributed by atoms with Crippen molar-refractivity contribution in [1.82, 2.24) is 5.32 Å². The Kier molecular flexibility index (Phi) is 4.40. The van der Waals surface area contributed by atoms with Crippen LogP contribution in [0.25, 0.3) is 0 Å². The van der Waals surface area contributed by atoms with E-state index in [1.807, 2.05) is 6.07 Å². The smallest absolute Gasteiger partial charge is 0.0947 e. The van der Waals surface area contributed by atoms with Crippen molar-refractivity contribution in [2.75, 3.05) is 6.54 Å². The zero-order valence-corrected chi connectivity index (χ0v) is 10.3. The van der Waals surface area contributed by atoms with Crippen molar-refractivity contribution in [1.29, 1.82) is 0 Å². The van der Waals surface area contributed by atoms with Crippen molar-refractivity contribution in [3.05, 3.63) is 24.2 Å². The van der Waals surface area contributed by atoms with Gasteiger partial charge in [-0.15, -0.1) is 0 Å². The number of rotatable bonds is 6. The summed E-state index contributed by atoms with van der Waals surface area (Å²) in [6, 6.07) is 2.00. The molecular weight excluding hydrogens is 186 g/mol. The molecule has 1 rings (SSSR count). The lowest BCUT2D eigenvalue weighted by Gasteiger charge is -2.27. The van der Waals surface area contributed by atoms with Gasteiger partial charge in [-0.05, 0) is 23.8 Å². The lowest BCUT2D eigenvalue weighted by atomic mass is 9.84. The number of hydrogen-bond acceptors (Lipinski definition) is 2. The first-order chi connectivity index (χ1) is 6.99. The van der Waals surface area contributed by atoms with Crippen molar-refractivity contribution >= 4 is 0 Å². The minimum Gasteiger partial charge on any atom is -0.472 e. The van der Waals surface area contributed by atoms with Crippen LogP contribution in [0.2, 0.25) is 0 Å². The zero-order valence-electron chi connectivity index (χ0n) is 10.3. The molecule has 0 fully saturated rings. The molecule has 0 unspecified atom stereocenters. The number of nitrogens with one attached hydrogen (secondary N) is 1. The Hall–Kier alpha value is -0.760. The normalized spacial score (nSPS) is 12.3. The van der Waals surface area contributed by atoms with E-state index in [-0.39, 0.29) is 0 Å². The fraction of sp³-hybridized carbons (Fsp3) is 0.692. The average molecular weight is 209 g/mol. The summed E-state index contributed by atoms with van der Waals surface area (Å²) >= 11 is 0. The average Bonchev–Trinajstić information content (AvgIpc) is 2.53. The van der Waals surface area contributed by atoms with Gasteiger partial charge in [0.15, 0.2) is 0 Å². The first-order valence-electron chi connectivity index (χ1n) is 5.71. The highest BCUT2D eigenvalue weighted by molar-refractivity contribution is 5.04. The van der Waals surface area contributed by atoms with Crippen molar-refractivity contribution in [3.63, 3.8) is 0 Å². The highest BCUT2D eigenvalue weighted by Gasteiger charge is 2.18. The third-order valence-corrected chi connectivity index (χ3v) is 2.47. The van der Waals surface area contributed by atoms with E-state index in [9.17, 15) is 0 Å². The molecule has 0 aliphatic rings. The van der Waals surface area contributed by atoms with E-state index in [2.05, 4.69) is 33.0 Å². The highest BCUT2D eigenvalue weighted by Crippen LogP contribution is 2.24. The third kappa shape index (κ3) is 5.03. The van der Waals surface area contributed by atoms with Gasteiger partial charge in [-0.3, -0.25) is 0 Å².